The number of benzene rings is 1. The van der Waals surface area contributed by atoms with Gasteiger partial charge in [0.25, 0.3) is 5.56 Å². The summed E-state index contributed by atoms with van der Waals surface area (Å²) in [5, 5.41) is 0. The van der Waals surface area contributed by atoms with Crippen LogP contribution in [0.2, 0.25) is 0 Å². The van der Waals surface area contributed by atoms with E-state index in [0.717, 1.165) is 12.8 Å². The Labute approximate surface area is 178 Å². The van der Waals surface area contributed by atoms with E-state index in [1.165, 1.54) is 58.9 Å². The van der Waals surface area contributed by atoms with Crippen LogP contribution < -0.4 is 10.3 Å². The lowest BCUT2D eigenvalue weighted by atomic mass is 10.0. The molecule has 2 aliphatic heterocycles. The zero-order chi connectivity index (χ0) is 20.4. The summed E-state index contributed by atoms with van der Waals surface area (Å²) in [6.07, 6.45) is 8.32. The smallest absolute Gasteiger partial charge is 0.275 e. The maximum atomic E-state index is 15.0. The molecule has 0 N–H and O–H groups in total. The zero-order valence-corrected chi connectivity index (χ0v) is 17.7. The molecule has 156 valence electrons. The number of aromatic nitrogens is 2. The van der Waals surface area contributed by atoms with Crippen LogP contribution in [0.25, 0.3) is 15.9 Å². The highest BCUT2D eigenvalue weighted by molar-refractivity contribution is 7.19. The minimum atomic E-state index is -0.467. The molecule has 5 nitrogen and oxygen atoms in total. The number of hydrogen-bond donors (Lipinski definition) is 0. The summed E-state index contributed by atoms with van der Waals surface area (Å²) < 4.78 is 23.0. The number of nitrogens with zero attached hydrogens (tertiary/aromatic N) is 3. The van der Waals surface area contributed by atoms with Crippen molar-refractivity contribution in [3.8, 4) is 11.4 Å². The van der Waals surface area contributed by atoms with Gasteiger partial charge in [0.2, 0.25) is 0 Å². The van der Waals surface area contributed by atoms with Crippen LogP contribution in [-0.2, 0) is 0 Å². The van der Waals surface area contributed by atoms with Crippen molar-refractivity contribution in [2.24, 2.45) is 0 Å². The van der Waals surface area contributed by atoms with Gasteiger partial charge in [-0.05, 0) is 69.7 Å². The number of thiophene rings is 1. The van der Waals surface area contributed by atoms with E-state index < -0.39 is 5.82 Å². The first-order valence-corrected chi connectivity index (χ1v) is 11.6. The van der Waals surface area contributed by atoms with Crippen molar-refractivity contribution in [2.45, 2.75) is 62.6 Å². The number of rotatable bonds is 4. The van der Waals surface area contributed by atoms with Gasteiger partial charge in [-0.1, -0.05) is 0 Å². The second-order valence-corrected chi connectivity index (χ2v) is 10.0. The molecule has 1 aliphatic carbocycles. The van der Waals surface area contributed by atoms with Crippen LogP contribution in [0.4, 0.5) is 4.39 Å². The van der Waals surface area contributed by atoms with Crippen molar-refractivity contribution in [1.29, 1.82) is 0 Å². The highest BCUT2D eigenvalue weighted by atomic mass is 32.1. The molecular weight excluding hydrogens is 401 g/mol. The highest BCUT2D eigenvalue weighted by Gasteiger charge is 2.39. The Morgan fingerprint density at radius 2 is 1.90 bits per heavy atom. The third kappa shape index (κ3) is 3.06. The van der Waals surface area contributed by atoms with Gasteiger partial charge in [0, 0.05) is 23.0 Å². The average Bonchev–Trinajstić information content (AvgIpc) is 3.45. The maximum Gasteiger partial charge on any atom is 0.275 e. The SMILES string of the molecule is CN1[C@@H]2CC[C@H]1CC(Oc1ccc(-n3cnc4cc(C5CC5)sc4c3=O)c(F)c1)C2. The van der Waals surface area contributed by atoms with E-state index in [4.69, 9.17) is 4.74 Å². The zero-order valence-electron chi connectivity index (χ0n) is 16.9. The van der Waals surface area contributed by atoms with E-state index in [1.54, 1.807) is 12.1 Å². The Kier molecular flexibility index (Phi) is 4.25. The summed E-state index contributed by atoms with van der Waals surface area (Å²) in [6, 6.07) is 7.93. The number of fused-ring (bicyclic) bond motifs is 3. The van der Waals surface area contributed by atoms with Crippen LogP contribution in [0.15, 0.2) is 35.4 Å². The van der Waals surface area contributed by atoms with Gasteiger partial charge < -0.3 is 9.64 Å². The maximum absolute atomic E-state index is 15.0. The van der Waals surface area contributed by atoms with Crippen molar-refractivity contribution in [2.75, 3.05) is 7.05 Å². The van der Waals surface area contributed by atoms with E-state index in [1.807, 2.05) is 6.07 Å². The highest BCUT2D eigenvalue weighted by Crippen LogP contribution is 2.44. The van der Waals surface area contributed by atoms with E-state index in [2.05, 4.69) is 16.9 Å². The summed E-state index contributed by atoms with van der Waals surface area (Å²) >= 11 is 1.50. The van der Waals surface area contributed by atoms with E-state index in [-0.39, 0.29) is 17.4 Å². The Morgan fingerprint density at radius 1 is 1.13 bits per heavy atom. The number of hydrogen-bond acceptors (Lipinski definition) is 5. The average molecular weight is 426 g/mol. The Hall–Kier alpha value is -2.25. The third-order valence-corrected chi connectivity index (χ3v) is 8.25. The van der Waals surface area contributed by atoms with Gasteiger partial charge >= 0.3 is 0 Å². The summed E-state index contributed by atoms with van der Waals surface area (Å²) in [7, 11) is 2.19. The lowest BCUT2D eigenvalue weighted by Crippen LogP contribution is -2.43. The normalized spacial score (nSPS) is 26.4. The quantitative estimate of drug-likeness (QED) is 0.619. The minimum absolute atomic E-state index is 0.122. The standard InChI is InChI=1S/C23H24FN3O2S/c1-26-14-4-5-15(26)9-17(8-14)29-16-6-7-20(18(24)10-16)27-12-25-19-11-21(13-2-3-13)30-22(19)23(27)28/h6-7,10-15,17H,2-5,8-9H2,1H3/t14-,15+,17?. The third-order valence-electron chi connectivity index (χ3n) is 6.97. The first-order valence-electron chi connectivity index (χ1n) is 10.8. The van der Waals surface area contributed by atoms with E-state index in [9.17, 15) is 9.18 Å². The van der Waals surface area contributed by atoms with Crippen LogP contribution >= 0.6 is 11.3 Å². The van der Waals surface area contributed by atoms with Crippen LogP contribution in [0.5, 0.6) is 5.75 Å². The Morgan fingerprint density at radius 3 is 2.60 bits per heavy atom. The molecule has 0 spiro atoms. The van der Waals surface area contributed by atoms with Gasteiger partial charge in [0.15, 0.2) is 5.82 Å². The van der Waals surface area contributed by atoms with Crippen molar-refractivity contribution < 1.29 is 9.13 Å². The van der Waals surface area contributed by atoms with Gasteiger partial charge in [0.05, 0.1) is 11.2 Å². The first-order chi connectivity index (χ1) is 14.6. The molecule has 7 heteroatoms. The molecular formula is C23H24FN3O2S. The fourth-order valence-corrected chi connectivity index (χ4v) is 6.29. The monoisotopic (exact) mass is 425 g/mol. The van der Waals surface area contributed by atoms with Gasteiger partial charge in [-0.15, -0.1) is 11.3 Å². The molecule has 3 atom stereocenters. The van der Waals surface area contributed by atoms with Crippen molar-refractivity contribution in [1.82, 2.24) is 14.5 Å². The summed E-state index contributed by atoms with van der Waals surface area (Å²) in [4.78, 5) is 21.1. The van der Waals surface area contributed by atoms with E-state index in [0.29, 0.717) is 34.0 Å². The second kappa shape index (κ2) is 6.89. The lowest BCUT2D eigenvalue weighted by molar-refractivity contribution is 0.0660. The molecule has 3 aliphatic rings. The predicted molar refractivity (Wildman–Crippen MR) is 115 cm³/mol. The largest absolute Gasteiger partial charge is 0.490 e. The second-order valence-electron chi connectivity index (χ2n) is 8.93. The number of piperidine rings is 1. The van der Waals surface area contributed by atoms with Crippen LogP contribution in [0.1, 0.15) is 49.3 Å². The van der Waals surface area contributed by atoms with Gasteiger partial charge in [-0.3, -0.25) is 9.36 Å². The summed E-state index contributed by atoms with van der Waals surface area (Å²) in [6.45, 7) is 0. The molecule has 3 aromatic rings. The Bertz CT molecular complexity index is 1170. The molecule has 4 heterocycles. The fourth-order valence-electron chi connectivity index (χ4n) is 5.08. The number of halogens is 1. The molecule has 1 saturated carbocycles. The first kappa shape index (κ1) is 18.5. The van der Waals surface area contributed by atoms with Gasteiger partial charge in [-0.2, -0.15) is 0 Å². The molecule has 2 aromatic heterocycles. The predicted octanol–water partition coefficient (Wildman–Crippen LogP) is 4.47. The fraction of sp³-hybridized carbons (Fsp3) is 0.478. The molecule has 2 bridgehead atoms. The molecule has 3 fully saturated rings. The molecule has 30 heavy (non-hydrogen) atoms. The molecule has 6 rings (SSSR count). The van der Waals surface area contributed by atoms with Crippen molar-refractivity contribution in [3.05, 3.63) is 51.6 Å². The Balaban J connectivity index is 1.27. The van der Waals surface area contributed by atoms with Gasteiger partial charge in [-0.25, -0.2) is 9.37 Å². The van der Waals surface area contributed by atoms with Crippen LogP contribution in [-0.4, -0.2) is 39.7 Å². The van der Waals surface area contributed by atoms with E-state index >= 15 is 0 Å². The molecule has 0 radical (unpaired) electrons. The minimum Gasteiger partial charge on any atom is -0.490 e. The molecule has 1 unspecified atom stereocenters. The van der Waals surface area contributed by atoms with Crippen LogP contribution in [0.3, 0.4) is 0 Å². The van der Waals surface area contributed by atoms with Gasteiger partial charge in [0.1, 0.15) is 22.9 Å². The summed E-state index contributed by atoms with van der Waals surface area (Å²) in [5.41, 5.74) is 0.711. The van der Waals surface area contributed by atoms with Crippen molar-refractivity contribution >= 4 is 21.6 Å². The molecule has 2 saturated heterocycles. The topological polar surface area (TPSA) is 47.4 Å². The molecule has 1 aromatic carbocycles. The van der Waals surface area contributed by atoms with Crippen LogP contribution in [0, 0.1) is 5.82 Å². The summed E-state index contributed by atoms with van der Waals surface area (Å²) in [5.74, 6) is 0.630. The molecule has 0 amide bonds. The number of ether oxygens (including phenoxy) is 1. The lowest BCUT2D eigenvalue weighted by Gasteiger charge is -2.36. The van der Waals surface area contributed by atoms with Crippen molar-refractivity contribution in [3.63, 3.8) is 0 Å².